The zero-order chi connectivity index (χ0) is 10.7. The quantitative estimate of drug-likeness (QED) is 0.806. The molecule has 0 amide bonds. The van der Waals surface area contributed by atoms with Crippen LogP contribution in [-0.4, -0.2) is 10.1 Å². The predicted molar refractivity (Wildman–Crippen MR) is 60.3 cm³/mol. The van der Waals surface area contributed by atoms with Crippen LogP contribution >= 0.6 is 0 Å². The standard InChI is InChI=1S/C13H13NO/c1-10(15)13-8-7-12(9-14-13)11-5-3-2-4-6-11/h2-10,15H,1H3. The van der Waals surface area contributed by atoms with E-state index in [9.17, 15) is 5.11 Å². The monoisotopic (exact) mass is 199 g/mol. The molecule has 0 saturated heterocycles. The van der Waals surface area contributed by atoms with Crippen molar-refractivity contribution < 1.29 is 5.11 Å². The summed E-state index contributed by atoms with van der Waals surface area (Å²) in [5, 5.41) is 9.32. The number of hydrogen-bond donors (Lipinski definition) is 1. The van der Waals surface area contributed by atoms with Crippen molar-refractivity contribution in [2.24, 2.45) is 0 Å². The van der Waals surface area contributed by atoms with E-state index in [0.717, 1.165) is 11.1 Å². The van der Waals surface area contributed by atoms with Crippen molar-refractivity contribution >= 4 is 0 Å². The lowest BCUT2D eigenvalue weighted by atomic mass is 10.1. The van der Waals surface area contributed by atoms with Gasteiger partial charge < -0.3 is 5.11 Å². The van der Waals surface area contributed by atoms with Gasteiger partial charge in [0.1, 0.15) is 0 Å². The number of pyridine rings is 1. The first-order valence-corrected chi connectivity index (χ1v) is 4.97. The lowest BCUT2D eigenvalue weighted by Crippen LogP contribution is -1.94. The van der Waals surface area contributed by atoms with E-state index in [0.29, 0.717) is 5.69 Å². The number of hydrogen-bond acceptors (Lipinski definition) is 2. The minimum Gasteiger partial charge on any atom is -0.387 e. The molecule has 0 fully saturated rings. The molecule has 1 N–H and O–H groups in total. The zero-order valence-electron chi connectivity index (χ0n) is 8.59. The molecular formula is C13H13NO. The fraction of sp³-hybridized carbons (Fsp3) is 0.154. The molecule has 1 unspecified atom stereocenters. The Morgan fingerprint density at radius 1 is 1.00 bits per heavy atom. The third-order valence-electron chi connectivity index (χ3n) is 2.32. The Kier molecular flexibility index (Phi) is 2.79. The maximum absolute atomic E-state index is 9.32. The molecule has 0 aliphatic heterocycles. The molecule has 1 atom stereocenters. The van der Waals surface area contributed by atoms with Gasteiger partial charge in [-0.25, -0.2) is 0 Å². The maximum Gasteiger partial charge on any atom is 0.0931 e. The number of aliphatic hydroxyl groups is 1. The van der Waals surface area contributed by atoms with E-state index in [2.05, 4.69) is 4.98 Å². The third kappa shape index (κ3) is 2.22. The normalized spacial score (nSPS) is 12.4. The summed E-state index contributed by atoms with van der Waals surface area (Å²) in [6.45, 7) is 1.71. The molecule has 0 bridgehead atoms. The summed E-state index contributed by atoms with van der Waals surface area (Å²) >= 11 is 0. The van der Waals surface area contributed by atoms with E-state index < -0.39 is 6.10 Å². The molecule has 1 aromatic carbocycles. The van der Waals surface area contributed by atoms with Gasteiger partial charge in [0, 0.05) is 11.8 Å². The lowest BCUT2D eigenvalue weighted by molar-refractivity contribution is 0.194. The lowest BCUT2D eigenvalue weighted by Gasteiger charge is -2.05. The Bertz CT molecular complexity index is 420. The molecule has 0 aliphatic carbocycles. The molecule has 0 aliphatic rings. The summed E-state index contributed by atoms with van der Waals surface area (Å²) in [5.41, 5.74) is 2.91. The van der Waals surface area contributed by atoms with Crippen LogP contribution in [0.4, 0.5) is 0 Å². The van der Waals surface area contributed by atoms with E-state index in [4.69, 9.17) is 0 Å². The number of rotatable bonds is 2. The van der Waals surface area contributed by atoms with Crippen LogP contribution in [0.2, 0.25) is 0 Å². The van der Waals surface area contributed by atoms with Crippen LogP contribution in [0.1, 0.15) is 18.7 Å². The molecule has 2 heteroatoms. The van der Waals surface area contributed by atoms with Crippen molar-refractivity contribution in [2.75, 3.05) is 0 Å². The van der Waals surface area contributed by atoms with Gasteiger partial charge in [0.15, 0.2) is 0 Å². The highest BCUT2D eigenvalue weighted by molar-refractivity contribution is 5.62. The van der Waals surface area contributed by atoms with E-state index in [1.165, 1.54) is 0 Å². The molecule has 76 valence electrons. The molecule has 0 spiro atoms. The maximum atomic E-state index is 9.32. The molecular weight excluding hydrogens is 186 g/mol. The first-order chi connectivity index (χ1) is 7.27. The summed E-state index contributed by atoms with van der Waals surface area (Å²) in [6, 6.07) is 13.9. The number of aliphatic hydroxyl groups excluding tert-OH is 1. The second kappa shape index (κ2) is 4.24. The van der Waals surface area contributed by atoms with Gasteiger partial charge >= 0.3 is 0 Å². The minimum absolute atomic E-state index is 0.505. The number of nitrogens with zero attached hydrogens (tertiary/aromatic N) is 1. The van der Waals surface area contributed by atoms with Crippen LogP contribution in [-0.2, 0) is 0 Å². The fourth-order valence-electron chi connectivity index (χ4n) is 1.45. The molecule has 2 aromatic rings. The van der Waals surface area contributed by atoms with Gasteiger partial charge in [0.25, 0.3) is 0 Å². The van der Waals surface area contributed by atoms with E-state index >= 15 is 0 Å². The van der Waals surface area contributed by atoms with Crippen LogP contribution in [0, 0.1) is 0 Å². The summed E-state index contributed by atoms with van der Waals surface area (Å²) in [6.07, 6.45) is 1.28. The van der Waals surface area contributed by atoms with Gasteiger partial charge in [-0.1, -0.05) is 36.4 Å². The second-order valence-electron chi connectivity index (χ2n) is 3.51. The summed E-state index contributed by atoms with van der Waals surface area (Å²) in [4.78, 5) is 4.20. The highest BCUT2D eigenvalue weighted by Gasteiger charge is 2.02. The van der Waals surface area contributed by atoms with Crippen LogP contribution in [0.5, 0.6) is 0 Å². The average molecular weight is 199 g/mol. The fourth-order valence-corrected chi connectivity index (χ4v) is 1.45. The Hall–Kier alpha value is -1.67. The molecule has 0 radical (unpaired) electrons. The zero-order valence-corrected chi connectivity index (χ0v) is 8.59. The van der Waals surface area contributed by atoms with Crippen LogP contribution < -0.4 is 0 Å². The smallest absolute Gasteiger partial charge is 0.0931 e. The van der Waals surface area contributed by atoms with Gasteiger partial charge in [-0.3, -0.25) is 4.98 Å². The van der Waals surface area contributed by atoms with Crippen molar-refractivity contribution in [1.82, 2.24) is 4.98 Å². The summed E-state index contributed by atoms with van der Waals surface area (Å²) < 4.78 is 0. The van der Waals surface area contributed by atoms with Gasteiger partial charge in [0.05, 0.1) is 11.8 Å². The van der Waals surface area contributed by atoms with Crippen molar-refractivity contribution in [3.63, 3.8) is 0 Å². The van der Waals surface area contributed by atoms with Crippen molar-refractivity contribution in [1.29, 1.82) is 0 Å². The first kappa shape index (κ1) is 9.87. The average Bonchev–Trinajstić information content (AvgIpc) is 2.30. The van der Waals surface area contributed by atoms with Crippen molar-refractivity contribution in [2.45, 2.75) is 13.0 Å². The Labute approximate surface area is 89.2 Å². The third-order valence-corrected chi connectivity index (χ3v) is 2.32. The van der Waals surface area contributed by atoms with Gasteiger partial charge in [-0.05, 0) is 18.6 Å². The van der Waals surface area contributed by atoms with E-state index in [-0.39, 0.29) is 0 Å². The Morgan fingerprint density at radius 3 is 2.27 bits per heavy atom. The molecule has 2 nitrogen and oxygen atoms in total. The topological polar surface area (TPSA) is 33.1 Å². The number of aromatic nitrogens is 1. The highest BCUT2D eigenvalue weighted by Crippen LogP contribution is 2.19. The van der Waals surface area contributed by atoms with Crippen LogP contribution in [0.3, 0.4) is 0 Å². The van der Waals surface area contributed by atoms with Crippen molar-refractivity contribution in [3.05, 3.63) is 54.4 Å². The molecule has 1 heterocycles. The van der Waals surface area contributed by atoms with E-state index in [1.54, 1.807) is 13.1 Å². The van der Waals surface area contributed by atoms with Gasteiger partial charge in [0.2, 0.25) is 0 Å². The first-order valence-electron chi connectivity index (χ1n) is 4.97. The highest BCUT2D eigenvalue weighted by atomic mass is 16.3. The molecule has 2 rings (SSSR count). The molecule has 0 saturated carbocycles. The van der Waals surface area contributed by atoms with E-state index in [1.807, 2.05) is 42.5 Å². The second-order valence-corrected chi connectivity index (χ2v) is 3.51. The van der Waals surface area contributed by atoms with Crippen LogP contribution in [0.15, 0.2) is 48.7 Å². The van der Waals surface area contributed by atoms with Crippen molar-refractivity contribution in [3.8, 4) is 11.1 Å². The number of benzene rings is 1. The summed E-state index contributed by atoms with van der Waals surface area (Å²) in [5.74, 6) is 0. The minimum atomic E-state index is -0.505. The van der Waals surface area contributed by atoms with Gasteiger partial charge in [-0.15, -0.1) is 0 Å². The largest absolute Gasteiger partial charge is 0.387 e. The SMILES string of the molecule is CC(O)c1ccc(-c2ccccc2)cn1. The molecule has 15 heavy (non-hydrogen) atoms. The van der Waals surface area contributed by atoms with Crippen LogP contribution in [0.25, 0.3) is 11.1 Å². The Morgan fingerprint density at radius 2 is 1.73 bits per heavy atom. The van der Waals surface area contributed by atoms with Gasteiger partial charge in [-0.2, -0.15) is 0 Å². The Balaban J connectivity index is 2.32. The summed E-state index contributed by atoms with van der Waals surface area (Å²) in [7, 11) is 0. The molecule has 1 aromatic heterocycles. The predicted octanol–water partition coefficient (Wildman–Crippen LogP) is 2.80.